The molecule has 0 radical (unpaired) electrons. The molecule has 2 aromatic carbocycles. The Balaban J connectivity index is 0.00000320. The molecule has 2 aromatic rings. The summed E-state index contributed by atoms with van der Waals surface area (Å²) in [5, 5.41) is 5.92. The SMILES string of the molecule is CN=C(NCc1ccc(N2CC=CC2)cc1)NCc1ccc(F)cc1C(F)(F)F.I. The summed E-state index contributed by atoms with van der Waals surface area (Å²) in [6.07, 6.45) is -0.379. The fraction of sp³-hybridized carbons (Fsp3) is 0.286. The molecule has 0 bridgehead atoms. The number of guanidine groups is 1. The molecule has 0 atom stereocenters. The Bertz CT molecular complexity index is 887. The van der Waals surface area contributed by atoms with Crippen LogP contribution in [0.1, 0.15) is 16.7 Å². The van der Waals surface area contributed by atoms with E-state index in [9.17, 15) is 17.6 Å². The Morgan fingerprint density at radius 1 is 1.00 bits per heavy atom. The summed E-state index contributed by atoms with van der Waals surface area (Å²) in [5.74, 6) is -0.563. The third-order valence-electron chi connectivity index (χ3n) is 4.63. The highest BCUT2D eigenvalue weighted by atomic mass is 127. The highest BCUT2D eigenvalue weighted by Crippen LogP contribution is 2.32. The first-order valence-electron chi connectivity index (χ1n) is 9.16. The molecule has 0 fully saturated rings. The Labute approximate surface area is 190 Å². The summed E-state index contributed by atoms with van der Waals surface area (Å²) in [5.41, 5.74) is 1.11. The van der Waals surface area contributed by atoms with E-state index >= 15 is 0 Å². The van der Waals surface area contributed by atoms with E-state index in [-0.39, 0.29) is 36.1 Å². The smallest absolute Gasteiger partial charge is 0.364 e. The van der Waals surface area contributed by atoms with E-state index in [1.54, 1.807) is 0 Å². The lowest BCUT2D eigenvalue weighted by Gasteiger charge is -2.18. The summed E-state index contributed by atoms with van der Waals surface area (Å²) < 4.78 is 52.5. The van der Waals surface area contributed by atoms with E-state index in [0.717, 1.165) is 36.5 Å². The fourth-order valence-corrected chi connectivity index (χ4v) is 3.07. The number of rotatable bonds is 5. The van der Waals surface area contributed by atoms with Crippen LogP contribution in [0.3, 0.4) is 0 Å². The van der Waals surface area contributed by atoms with Crippen LogP contribution >= 0.6 is 24.0 Å². The summed E-state index contributed by atoms with van der Waals surface area (Å²) >= 11 is 0. The van der Waals surface area contributed by atoms with E-state index in [2.05, 4.69) is 32.7 Å². The molecule has 1 aliphatic heterocycles. The molecule has 0 amide bonds. The third-order valence-corrected chi connectivity index (χ3v) is 4.63. The molecule has 0 aliphatic carbocycles. The first kappa shape index (κ1) is 24.0. The van der Waals surface area contributed by atoms with Gasteiger partial charge in [-0.15, -0.1) is 24.0 Å². The van der Waals surface area contributed by atoms with Gasteiger partial charge in [-0.2, -0.15) is 13.2 Å². The predicted octanol–water partition coefficient (Wildman–Crippen LogP) is 4.70. The average molecular weight is 534 g/mol. The third kappa shape index (κ3) is 6.35. The topological polar surface area (TPSA) is 39.7 Å². The maximum absolute atomic E-state index is 13.2. The van der Waals surface area contributed by atoms with Crippen molar-refractivity contribution in [2.24, 2.45) is 4.99 Å². The lowest BCUT2D eigenvalue weighted by atomic mass is 10.1. The minimum Gasteiger partial charge on any atom is -0.364 e. The number of hydrogen-bond donors (Lipinski definition) is 2. The zero-order chi connectivity index (χ0) is 20.9. The molecule has 0 aromatic heterocycles. The van der Waals surface area contributed by atoms with E-state index in [1.807, 2.05) is 24.3 Å². The Morgan fingerprint density at radius 3 is 2.23 bits per heavy atom. The van der Waals surface area contributed by atoms with E-state index in [0.29, 0.717) is 18.6 Å². The molecule has 30 heavy (non-hydrogen) atoms. The monoisotopic (exact) mass is 534 g/mol. The quantitative estimate of drug-likeness (QED) is 0.192. The largest absolute Gasteiger partial charge is 0.416 e. The van der Waals surface area contributed by atoms with Crippen LogP contribution in [0.5, 0.6) is 0 Å². The van der Waals surface area contributed by atoms with Crippen molar-refractivity contribution in [2.75, 3.05) is 25.0 Å². The van der Waals surface area contributed by atoms with Gasteiger partial charge in [0.15, 0.2) is 5.96 Å². The molecular weight excluding hydrogens is 511 g/mol. The van der Waals surface area contributed by atoms with Gasteiger partial charge in [0.05, 0.1) is 5.56 Å². The van der Waals surface area contributed by atoms with Gasteiger partial charge in [-0.3, -0.25) is 4.99 Å². The number of anilines is 1. The maximum Gasteiger partial charge on any atom is 0.416 e. The molecule has 4 nitrogen and oxygen atoms in total. The molecule has 1 aliphatic rings. The number of alkyl halides is 3. The van der Waals surface area contributed by atoms with Crippen molar-refractivity contribution in [1.82, 2.24) is 10.6 Å². The van der Waals surface area contributed by atoms with Gasteiger partial charge in [0.25, 0.3) is 0 Å². The molecule has 0 unspecified atom stereocenters. The highest BCUT2D eigenvalue weighted by Gasteiger charge is 2.33. The number of nitrogens with zero attached hydrogens (tertiary/aromatic N) is 2. The Morgan fingerprint density at radius 2 is 1.63 bits per heavy atom. The van der Waals surface area contributed by atoms with Gasteiger partial charge in [0.1, 0.15) is 5.82 Å². The van der Waals surface area contributed by atoms with E-state index in [4.69, 9.17) is 0 Å². The van der Waals surface area contributed by atoms with Crippen molar-refractivity contribution in [1.29, 1.82) is 0 Å². The zero-order valence-corrected chi connectivity index (χ0v) is 18.7. The highest BCUT2D eigenvalue weighted by molar-refractivity contribution is 14.0. The normalized spacial score (nSPS) is 13.9. The van der Waals surface area contributed by atoms with Gasteiger partial charge in [0, 0.05) is 38.9 Å². The second kappa shape index (κ2) is 10.6. The Kier molecular flexibility index (Phi) is 8.51. The average Bonchev–Trinajstić information content (AvgIpc) is 3.23. The Hall–Kier alpha value is -2.30. The van der Waals surface area contributed by atoms with Crippen LogP contribution in [0.2, 0.25) is 0 Å². The molecule has 0 spiro atoms. The van der Waals surface area contributed by atoms with Gasteiger partial charge < -0.3 is 15.5 Å². The van der Waals surface area contributed by atoms with Crippen molar-refractivity contribution < 1.29 is 17.6 Å². The molecule has 3 rings (SSSR count). The van der Waals surface area contributed by atoms with Gasteiger partial charge in [-0.25, -0.2) is 4.39 Å². The fourth-order valence-electron chi connectivity index (χ4n) is 3.07. The molecule has 0 saturated heterocycles. The molecule has 2 N–H and O–H groups in total. The van der Waals surface area contributed by atoms with Crippen LogP contribution in [0.25, 0.3) is 0 Å². The lowest BCUT2D eigenvalue weighted by molar-refractivity contribution is -0.138. The second-order valence-electron chi connectivity index (χ2n) is 6.62. The van der Waals surface area contributed by atoms with Crippen LogP contribution in [-0.2, 0) is 19.3 Å². The van der Waals surface area contributed by atoms with Crippen molar-refractivity contribution in [3.63, 3.8) is 0 Å². The van der Waals surface area contributed by atoms with Crippen LogP contribution in [-0.4, -0.2) is 26.1 Å². The van der Waals surface area contributed by atoms with Gasteiger partial charge >= 0.3 is 6.18 Å². The van der Waals surface area contributed by atoms with Crippen LogP contribution < -0.4 is 15.5 Å². The number of nitrogens with one attached hydrogen (secondary N) is 2. The summed E-state index contributed by atoms with van der Waals surface area (Å²) in [6, 6.07) is 10.7. The summed E-state index contributed by atoms with van der Waals surface area (Å²) in [6.45, 7) is 2.14. The second-order valence-corrected chi connectivity index (χ2v) is 6.62. The maximum atomic E-state index is 13.2. The number of aliphatic imine (C=N–C) groups is 1. The molecular formula is C21H23F4IN4. The molecule has 1 heterocycles. The van der Waals surface area contributed by atoms with Crippen molar-refractivity contribution in [2.45, 2.75) is 19.3 Å². The molecule has 162 valence electrons. The van der Waals surface area contributed by atoms with Crippen molar-refractivity contribution >= 4 is 35.6 Å². The lowest BCUT2D eigenvalue weighted by Crippen LogP contribution is -2.36. The minimum absolute atomic E-state index is 0. The predicted molar refractivity (Wildman–Crippen MR) is 122 cm³/mol. The standard InChI is InChI=1S/C21H22F4N4.HI/c1-26-20(28-14-16-6-7-17(22)12-19(16)21(23,24)25)27-13-15-4-8-18(9-5-15)29-10-2-3-11-29;/h2-9,12H,10-11,13-14H2,1H3,(H2,26,27,28);1H. The van der Waals surface area contributed by atoms with Crippen molar-refractivity contribution in [3.8, 4) is 0 Å². The van der Waals surface area contributed by atoms with E-state index < -0.39 is 17.6 Å². The molecule has 0 saturated carbocycles. The zero-order valence-electron chi connectivity index (χ0n) is 16.3. The van der Waals surface area contributed by atoms with Crippen LogP contribution in [0.4, 0.5) is 23.2 Å². The van der Waals surface area contributed by atoms with Gasteiger partial charge in [0.2, 0.25) is 0 Å². The minimum atomic E-state index is -4.62. The van der Waals surface area contributed by atoms with E-state index in [1.165, 1.54) is 7.05 Å². The number of halogens is 5. The first-order valence-corrected chi connectivity index (χ1v) is 9.16. The van der Waals surface area contributed by atoms with Crippen LogP contribution in [0.15, 0.2) is 59.6 Å². The van der Waals surface area contributed by atoms with Gasteiger partial charge in [-0.1, -0.05) is 30.4 Å². The number of hydrogen-bond acceptors (Lipinski definition) is 2. The number of benzene rings is 2. The van der Waals surface area contributed by atoms with Crippen LogP contribution in [0, 0.1) is 5.82 Å². The van der Waals surface area contributed by atoms with Crippen molar-refractivity contribution in [3.05, 3.63) is 77.1 Å². The first-order chi connectivity index (χ1) is 13.9. The summed E-state index contributed by atoms with van der Waals surface area (Å²) in [7, 11) is 1.54. The molecule has 9 heteroatoms. The van der Waals surface area contributed by atoms with Gasteiger partial charge in [-0.05, 0) is 35.4 Å². The summed E-state index contributed by atoms with van der Waals surface area (Å²) in [4.78, 5) is 6.27.